The Bertz CT molecular complexity index is 3770. The number of hydrogen-bond acceptors (Lipinski definition) is 6. The third-order valence-corrected chi connectivity index (χ3v) is 11.7. The molecule has 0 N–H and O–H groups in total. The van der Waals surface area contributed by atoms with E-state index in [9.17, 15) is 0 Å². The highest BCUT2D eigenvalue weighted by Crippen LogP contribution is 2.45. The summed E-state index contributed by atoms with van der Waals surface area (Å²) in [5.41, 5.74) is 11.1. The highest BCUT2D eigenvalue weighted by Gasteiger charge is 2.21. The number of allylic oxidation sites excluding steroid dienone is 4. The Morgan fingerprint density at radius 3 is 1.74 bits per heavy atom. The molecule has 6 heteroatoms. The van der Waals surface area contributed by atoms with Gasteiger partial charge in [0.15, 0.2) is 11.6 Å². The van der Waals surface area contributed by atoms with Gasteiger partial charge in [0.25, 0.3) is 0 Å². The van der Waals surface area contributed by atoms with E-state index in [4.69, 9.17) is 28.2 Å². The van der Waals surface area contributed by atoms with Gasteiger partial charge in [0.05, 0.1) is 0 Å². The Labute approximate surface area is 349 Å². The second-order valence-corrected chi connectivity index (χ2v) is 15.3. The number of furan rings is 3. The van der Waals surface area contributed by atoms with Gasteiger partial charge in [0.1, 0.15) is 39.3 Å². The maximum absolute atomic E-state index is 6.66. The molecule has 0 fully saturated rings. The van der Waals surface area contributed by atoms with Crippen LogP contribution in [0.15, 0.2) is 195 Å². The zero-order valence-electron chi connectivity index (χ0n) is 33.1. The van der Waals surface area contributed by atoms with Crippen molar-refractivity contribution < 1.29 is 13.3 Å². The maximum Gasteiger partial charge on any atom is 0.164 e. The van der Waals surface area contributed by atoms with Crippen molar-refractivity contribution in [2.45, 2.75) is 13.3 Å². The first kappa shape index (κ1) is 34.9. The summed E-state index contributed by atoms with van der Waals surface area (Å²) in [5.74, 6) is 1.88. The van der Waals surface area contributed by atoms with Crippen LogP contribution in [0.1, 0.15) is 12.7 Å². The Morgan fingerprint density at radius 1 is 0.393 bits per heavy atom. The Kier molecular flexibility index (Phi) is 8.03. The lowest BCUT2D eigenvalue weighted by Crippen LogP contribution is -2.03. The molecule has 0 saturated carbocycles. The summed E-state index contributed by atoms with van der Waals surface area (Å²) in [6.07, 6.45) is 8.67. The minimum absolute atomic E-state index is 0.548. The lowest BCUT2D eigenvalue weighted by molar-refractivity contribution is 0.668. The Morgan fingerprint density at radius 2 is 0.967 bits per heavy atom. The van der Waals surface area contributed by atoms with Gasteiger partial charge in [-0.25, -0.2) is 15.0 Å². The van der Waals surface area contributed by atoms with E-state index in [0.717, 1.165) is 110 Å². The number of fused-ring (bicyclic) bond motifs is 10. The second kappa shape index (κ2) is 14.0. The highest BCUT2D eigenvalue weighted by atomic mass is 16.3. The summed E-state index contributed by atoms with van der Waals surface area (Å²) in [7, 11) is 0. The van der Waals surface area contributed by atoms with Gasteiger partial charge in [-0.05, 0) is 94.5 Å². The molecule has 0 aliphatic carbocycles. The molecule has 0 amide bonds. The van der Waals surface area contributed by atoms with Crippen LogP contribution in [0.25, 0.3) is 122 Å². The zero-order valence-corrected chi connectivity index (χ0v) is 33.1. The van der Waals surface area contributed by atoms with Crippen LogP contribution in [0.3, 0.4) is 0 Å². The summed E-state index contributed by atoms with van der Waals surface area (Å²) in [6, 6.07) is 54.5. The van der Waals surface area contributed by atoms with Crippen molar-refractivity contribution in [2.24, 2.45) is 0 Å². The monoisotopic (exact) mass is 785 g/mol. The second-order valence-electron chi connectivity index (χ2n) is 15.3. The van der Waals surface area contributed by atoms with Crippen LogP contribution in [0.5, 0.6) is 0 Å². The van der Waals surface area contributed by atoms with E-state index in [2.05, 4.69) is 109 Å². The van der Waals surface area contributed by atoms with Crippen LogP contribution in [0.2, 0.25) is 0 Å². The molecule has 61 heavy (non-hydrogen) atoms. The van der Waals surface area contributed by atoms with Crippen LogP contribution in [-0.2, 0) is 6.42 Å². The van der Waals surface area contributed by atoms with Gasteiger partial charge >= 0.3 is 0 Å². The van der Waals surface area contributed by atoms with Crippen molar-refractivity contribution in [3.8, 4) is 45.0 Å². The SMILES string of the molecule is C/C=C\C=C/Cc1nc(-c2ccc3c(c2)oc2ccccc23)nc(-c2ccc(-c3cc(-c4cccc5oc6ccccc6c45)cc4oc5ccccc5c34)c3ccccc23)n1. The number of benzene rings is 8. The van der Waals surface area contributed by atoms with Crippen molar-refractivity contribution >= 4 is 76.6 Å². The Balaban J connectivity index is 1.07. The third kappa shape index (κ3) is 5.75. The smallest absolute Gasteiger partial charge is 0.164 e. The van der Waals surface area contributed by atoms with E-state index in [-0.39, 0.29) is 0 Å². The maximum atomic E-state index is 6.66. The molecule has 12 rings (SSSR count). The van der Waals surface area contributed by atoms with Gasteiger partial charge in [-0.1, -0.05) is 127 Å². The summed E-state index contributed by atoms with van der Waals surface area (Å²) < 4.78 is 19.3. The number of nitrogens with zero attached hydrogens (tertiary/aromatic N) is 3. The minimum atomic E-state index is 0.548. The molecule has 0 spiro atoms. The predicted molar refractivity (Wildman–Crippen MR) is 249 cm³/mol. The van der Waals surface area contributed by atoms with Gasteiger partial charge in [-0.15, -0.1) is 0 Å². The first-order valence-electron chi connectivity index (χ1n) is 20.5. The standard InChI is InChI=1S/C55H35N3O3/c1-2-3-4-5-25-51-56-54(33-26-27-40-39-17-8-11-21-45(39)60-49(40)31-33)58-55(57-51)41-29-28-38(36-15-6-7-16-37(36)41)44-30-34(32-50-53(44)43-19-10-13-23-47(43)61-50)35-20-14-24-48-52(35)42-18-9-12-22-46(42)59-48/h2-24,26-32H,25H2,1H3/b3-2-,5-4-. The largest absolute Gasteiger partial charge is 0.456 e. The first-order valence-corrected chi connectivity index (χ1v) is 20.5. The number of para-hydroxylation sites is 3. The molecule has 4 aromatic heterocycles. The number of rotatable bonds is 7. The van der Waals surface area contributed by atoms with Crippen LogP contribution in [0, 0.1) is 0 Å². The zero-order chi connectivity index (χ0) is 40.4. The predicted octanol–water partition coefficient (Wildman–Crippen LogP) is 15.1. The molecule has 4 heterocycles. The fourth-order valence-corrected chi connectivity index (χ4v) is 8.96. The lowest BCUT2D eigenvalue weighted by atomic mass is 9.89. The van der Waals surface area contributed by atoms with Crippen molar-refractivity contribution in [3.05, 3.63) is 188 Å². The summed E-state index contributed by atoms with van der Waals surface area (Å²) in [5, 5.41) is 8.56. The lowest BCUT2D eigenvalue weighted by Gasteiger charge is -2.15. The molecule has 0 aliphatic heterocycles. The van der Waals surface area contributed by atoms with Gasteiger partial charge in [0, 0.05) is 49.9 Å². The van der Waals surface area contributed by atoms with Gasteiger partial charge in [-0.2, -0.15) is 0 Å². The van der Waals surface area contributed by atoms with E-state index in [1.807, 2.05) is 79.7 Å². The molecule has 0 unspecified atom stereocenters. The quantitative estimate of drug-likeness (QED) is 0.150. The van der Waals surface area contributed by atoms with E-state index in [1.54, 1.807) is 0 Å². The van der Waals surface area contributed by atoms with Crippen LogP contribution >= 0.6 is 0 Å². The van der Waals surface area contributed by atoms with Crippen molar-refractivity contribution in [1.82, 2.24) is 15.0 Å². The van der Waals surface area contributed by atoms with E-state index in [1.165, 1.54) is 0 Å². The average Bonchev–Trinajstić information content (AvgIpc) is 4.01. The molecular formula is C55H35N3O3. The summed E-state index contributed by atoms with van der Waals surface area (Å²) in [6.45, 7) is 2.00. The van der Waals surface area contributed by atoms with Gasteiger partial charge < -0.3 is 13.3 Å². The molecule has 0 atom stereocenters. The van der Waals surface area contributed by atoms with Crippen LogP contribution in [0.4, 0.5) is 0 Å². The van der Waals surface area contributed by atoms with E-state index >= 15 is 0 Å². The van der Waals surface area contributed by atoms with Crippen molar-refractivity contribution in [1.29, 1.82) is 0 Å². The fraction of sp³-hybridized carbons (Fsp3) is 0.0364. The molecule has 0 bridgehead atoms. The van der Waals surface area contributed by atoms with Crippen molar-refractivity contribution in [3.63, 3.8) is 0 Å². The highest BCUT2D eigenvalue weighted by molar-refractivity contribution is 6.19. The summed E-state index contributed by atoms with van der Waals surface area (Å²) in [4.78, 5) is 15.3. The third-order valence-electron chi connectivity index (χ3n) is 11.7. The van der Waals surface area contributed by atoms with Crippen LogP contribution in [-0.4, -0.2) is 15.0 Å². The first-order chi connectivity index (χ1) is 30.2. The number of hydrogen-bond donors (Lipinski definition) is 0. The topological polar surface area (TPSA) is 78.1 Å². The molecule has 0 radical (unpaired) electrons. The molecule has 0 saturated heterocycles. The van der Waals surface area contributed by atoms with Crippen molar-refractivity contribution in [2.75, 3.05) is 0 Å². The number of aromatic nitrogens is 3. The Hall–Kier alpha value is -8.09. The molecule has 0 aliphatic rings. The molecule has 6 nitrogen and oxygen atoms in total. The normalized spacial score (nSPS) is 12.3. The van der Waals surface area contributed by atoms with E-state index < -0.39 is 0 Å². The minimum Gasteiger partial charge on any atom is -0.456 e. The molecule has 8 aromatic carbocycles. The fourth-order valence-electron chi connectivity index (χ4n) is 8.96. The van der Waals surface area contributed by atoms with Gasteiger partial charge in [0.2, 0.25) is 0 Å². The summed E-state index contributed by atoms with van der Waals surface area (Å²) >= 11 is 0. The van der Waals surface area contributed by atoms with E-state index in [0.29, 0.717) is 23.9 Å². The molecule has 12 aromatic rings. The average molecular weight is 786 g/mol. The van der Waals surface area contributed by atoms with Gasteiger partial charge in [-0.3, -0.25) is 0 Å². The van der Waals surface area contributed by atoms with Crippen LogP contribution < -0.4 is 0 Å². The molecular weight excluding hydrogens is 751 g/mol. The molecule has 288 valence electrons.